The fourth-order valence-corrected chi connectivity index (χ4v) is 3.39. The highest BCUT2D eigenvalue weighted by Crippen LogP contribution is 2.21. The van der Waals surface area contributed by atoms with E-state index < -0.39 is 20.5 Å². The fourth-order valence-electron chi connectivity index (χ4n) is 2.00. The normalized spacial score (nSPS) is 14.7. The van der Waals surface area contributed by atoms with E-state index in [-0.39, 0.29) is 22.7 Å². The number of nitrogens with zero attached hydrogens (tertiary/aromatic N) is 1. The monoisotopic (exact) mass is 316 g/mol. The van der Waals surface area contributed by atoms with Crippen LogP contribution in [0, 0.1) is 17.0 Å². The highest BCUT2D eigenvalue weighted by molar-refractivity contribution is 7.89. The van der Waals surface area contributed by atoms with Crippen molar-refractivity contribution in [3.05, 3.63) is 33.9 Å². The van der Waals surface area contributed by atoms with Crippen molar-refractivity contribution in [2.45, 2.75) is 44.1 Å². The molecule has 0 bridgehead atoms. The lowest BCUT2D eigenvalue weighted by Gasteiger charge is -2.23. The maximum Gasteiger partial charge on any atom is 0.269 e. The van der Waals surface area contributed by atoms with E-state index in [9.17, 15) is 23.6 Å². The molecule has 1 aromatic rings. The van der Waals surface area contributed by atoms with Gasteiger partial charge in [-0.15, -0.1) is 0 Å². The first-order chi connectivity index (χ1) is 9.59. The number of nitro groups is 1. The Kier molecular flexibility index (Phi) is 5.43. The van der Waals surface area contributed by atoms with E-state index >= 15 is 0 Å². The summed E-state index contributed by atoms with van der Waals surface area (Å²) in [5.74, 6) is 0. The number of hydrogen-bond donors (Lipinski definition) is 2. The summed E-state index contributed by atoms with van der Waals surface area (Å²) in [7, 11) is -3.82. The molecule has 8 heteroatoms. The maximum absolute atomic E-state index is 12.2. The van der Waals surface area contributed by atoms with Gasteiger partial charge >= 0.3 is 0 Å². The third kappa shape index (κ3) is 4.76. The molecule has 0 saturated heterocycles. The lowest BCUT2D eigenvalue weighted by molar-refractivity contribution is -0.385. The first kappa shape index (κ1) is 17.5. The zero-order chi connectivity index (χ0) is 16.3. The molecule has 0 aliphatic rings. The van der Waals surface area contributed by atoms with Crippen LogP contribution >= 0.6 is 0 Å². The average Bonchev–Trinajstić information content (AvgIpc) is 2.36. The molecular formula is C13H20N2O5S. The van der Waals surface area contributed by atoms with Crippen LogP contribution < -0.4 is 4.72 Å². The molecule has 0 spiro atoms. The number of aryl methyl sites for hydroxylation is 1. The molecule has 0 saturated carbocycles. The largest absolute Gasteiger partial charge is 0.389 e. The Labute approximate surface area is 124 Å². The van der Waals surface area contributed by atoms with Crippen LogP contribution in [0.4, 0.5) is 5.69 Å². The van der Waals surface area contributed by atoms with Gasteiger partial charge in [0.05, 0.1) is 15.4 Å². The number of aliphatic hydroxyl groups is 1. The minimum Gasteiger partial charge on any atom is -0.389 e. The van der Waals surface area contributed by atoms with Crippen molar-refractivity contribution in [1.29, 1.82) is 0 Å². The predicted molar refractivity (Wildman–Crippen MR) is 78.6 cm³/mol. The summed E-state index contributed by atoms with van der Waals surface area (Å²) in [5, 5.41) is 20.6. The van der Waals surface area contributed by atoms with Gasteiger partial charge in [-0.1, -0.05) is 13.3 Å². The first-order valence-electron chi connectivity index (χ1n) is 6.56. The van der Waals surface area contributed by atoms with Crippen LogP contribution in [0.3, 0.4) is 0 Å². The van der Waals surface area contributed by atoms with Crippen molar-refractivity contribution in [2.75, 3.05) is 6.54 Å². The van der Waals surface area contributed by atoms with Gasteiger partial charge in [-0.05, 0) is 31.9 Å². The molecule has 2 N–H and O–H groups in total. The number of rotatable bonds is 7. The smallest absolute Gasteiger partial charge is 0.269 e. The van der Waals surface area contributed by atoms with Crippen LogP contribution in [0.1, 0.15) is 32.3 Å². The van der Waals surface area contributed by atoms with Gasteiger partial charge in [-0.3, -0.25) is 10.1 Å². The van der Waals surface area contributed by atoms with Crippen LogP contribution in [-0.2, 0) is 10.0 Å². The third-order valence-electron chi connectivity index (χ3n) is 3.09. The van der Waals surface area contributed by atoms with Gasteiger partial charge in [0, 0.05) is 18.7 Å². The summed E-state index contributed by atoms with van der Waals surface area (Å²) < 4.78 is 26.7. The molecule has 0 aliphatic heterocycles. The molecule has 0 radical (unpaired) electrons. The molecule has 1 rings (SSSR count). The van der Waals surface area contributed by atoms with Crippen molar-refractivity contribution in [3.8, 4) is 0 Å². The molecule has 1 atom stereocenters. The van der Waals surface area contributed by atoms with E-state index in [0.29, 0.717) is 6.42 Å². The van der Waals surface area contributed by atoms with Crippen molar-refractivity contribution in [1.82, 2.24) is 4.72 Å². The molecule has 1 aromatic carbocycles. The molecule has 0 amide bonds. The quantitative estimate of drug-likeness (QED) is 0.588. The van der Waals surface area contributed by atoms with Gasteiger partial charge in [0.2, 0.25) is 10.0 Å². The standard InChI is InChI=1S/C13H20N2O5S/c1-4-7-13(3,16)9-14-21(19,20)12-6-5-11(15(17)18)8-10(12)2/h5-6,8,14,16H,4,7,9H2,1-3H3. The van der Waals surface area contributed by atoms with E-state index in [1.165, 1.54) is 19.1 Å². The van der Waals surface area contributed by atoms with Gasteiger partial charge in [0.1, 0.15) is 0 Å². The number of nitro benzene ring substituents is 1. The van der Waals surface area contributed by atoms with Crippen LogP contribution in [0.15, 0.2) is 23.1 Å². The SMILES string of the molecule is CCCC(C)(O)CNS(=O)(=O)c1ccc([N+](=O)[O-])cc1C. The first-order valence-corrected chi connectivity index (χ1v) is 8.04. The lowest BCUT2D eigenvalue weighted by atomic mass is 10.0. The van der Waals surface area contributed by atoms with Gasteiger partial charge < -0.3 is 5.11 Å². The molecule has 0 fully saturated rings. The summed E-state index contributed by atoms with van der Waals surface area (Å²) in [6.07, 6.45) is 1.19. The zero-order valence-electron chi connectivity index (χ0n) is 12.3. The van der Waals surface area contributed by atoms with Gasteiger partial charge in [0.25, 0.3) is 5.69 Å². The molecule has 7 nitrogen and oxygen atoms in total. The summed E-state index contributed by atoms with van der Waals surface area (Å²) in [5.41, 5.74) is -1.01. The Morgan fingerprint density at radius 3 is 2.52 bits per heavy atom. The number of sulfonamides is 1. The van der Waals surface area contributed by atoms with Gasteiger partial charge in [-0.2, -0.15) is 0 Å². The molecule has 0 heterocycles. The topological polar surface area (TPSA) is 110 Å². The Bertz CT molecular complexity index is 625. The Morgan fingerprint density at radius 1 is 1.43 bits per heavy atom. The van der Waals surface area contributed by atoms with Crippen LogP contribution in [0.5, 0.6) is 0 Å². The van der Waals surface area contributed by atoms with Gasteiger partial charge in [-0.25, -0.2) is 13.1 Å². The number of hydrogen-bond acceptors (Lipinski definition) is 5. The van der Waals surface area contributed by atoms with Gasteiger partial charge in [0.15, 0.2) is 0 Å². The predicted octanol–water partition coefficient (Wildman–Crippen LogP) is 1.73. The maximum atomic E-state index is 12.2. The molecule has 21 heavy (non-hydrogen) atoms. The molecular weight excluding hydrogens is 296 g/mol. The van der Waals surface area contributed by atoms with Crippen molar-refractivity contribution < 1.29 is 18.4 Å². The zero-order valence-corrected chi connectivity index (χ0v) is 13.1. The summed E-state index contributed by atoms with van der Waals surface area (Å²) in [6.45, 7) is 4.83. The minimum absolute atomic E-state index is 0.0274. The van der Waals surface area contributed by atoms with E-state index in [0.717, 1.165) is 12.5 Å². The lowest BCUT2D eigenvalue weighted by Crippen LogP contribution is -2.40. The molecule has 118 valence electrons. The van der Waals surface area contributed by atoms with E-state index in [4.69, 9.17) is 0 Å². The fraction of sp³-hybridized carbons (Fsp3) is 0.538. The third-order valence-corrected chi connectivity index (χ3v) is 4.65. The van der Waals surface area contributed by atoms with E-state index in [1.807, 2.05) is 6.92 Å². The van der Waals surface area contributed by atoms with Crippen LogP contribution in [0.25, 0.3) is 0 Å². The van der Waals surface area contributed by atoms with E-state index in [1.54, 1.807) is 6.92 Å². The second-order valence-corrected chi connectivity index (χ2v) is 7.01. The van der Waals surface area contributed by atoms with Crippen molar-refractivity contribution in [3.63, 3.8) is 0 Å². The summed E-state index contributed by atoms with van der Waals surface area (Å²) >= 11 is 0. The Balaban J connectivity index is 2.96. The highest BCUT2D eigenvalue weighted by Gasteiger charge is 2.25. The van der Waals surface area contributed by atoms with Crippen molar-refractivity contribution >= 4 is 15.7 Å². The molecule has 1 unspecified atom stereocenters. The minimum atomic E-state index is -3.82. The highest BCUT2D eigenvalue weighted by atomic mass is 32.2. The number of non-ortho nitro benzene ring substituents is 1. The Morgan fingerprint density at radius 2 is 2.05 bits per heavy atom. The summed E-state index contributed by atoms with van der Waals surface area (Å²) in [6, 6.07) is 3.55. The van der Waals surface area contributed by atoms with Crippen LogP contribution in [-0.4, -0.2) is 30.6 Å². The number of benzene rings is 1. The second-order valence-electron chi connectivity index (χ2n) is 5.28. The van der Waals surface area contributed by atoms with E-state index in [2.05, 4.69) is 4.72 Å². The Hall–Kier alpha value is -1.51. The van der Waals surface area contributed by atoms with Crippen LogP contribution in [0.2, 0.25) is 0 Å². The number of nitrogens with one attached hydrogen (secondary N) is 1. The second kappa shape index (κ2) is 6.50. The van der Waals surface area contributed by atoms with Crippen molar-refractivity contribution in [2.24, 2.45) is 0 Å². The molecule has 0 aliphatic carbocycles. The summed E-state index contributed by atoms with van der Waals surface area (Å²) in [4.78, 5) is 10.0. The molecule has 0 aromatic heterocycles. The average molecular weight is 316 g/mol.